The van der Waals surface area contributed by atoms with Crippen LogP contribution < -0.4 is 5.32 Å². The summed E-state index contributed by atoms with van der Waals surface area (Å²) in [6, 6.07) is -0.802. The van der Waals surface area contributed by atoms with E-state index in [1.165, 1.54) is 193 Å². The summed E-state index contributed by atoms with van der Waals surface area (Å²) in [5, 5.41) is 33.5. The number of hydrogen-bond donors (Lipinski definition) is 4. The molecule has 0 saturated carbocycles. The summed E-state index contributed by atoms with van der Waals surface area (Å²) in [6.45, 7) is 4.19. The van der Waals surface area contributed by atoms with E-state index >= 15 is 0 Å². The van der Waals surface area contributed by atoms with Crippen molar-refractivity contribution in [2.45, 2.75) is 270 Å². The minimum Gasteiger partial charge on any atom is -0.394 e. The summed E-state index contributed by atoms with van der Waals surface area (Å²) in [5.41, 5.74) is 0. The second kappa shape index (κ2) is 40.1. The van der Waals surface area contributed by atoms with E-state index in [0.29, 0.717) is 12.8 Å². The molecule has 0 radical (unpaired) electrons. The van der Waals surface area contributed by atoms with Gasteiger partial charge in [0.1, 0.15) is 6.10 Å². The van der Waals surface area contributed by atoms with Crippen molar-refractivity contribution in [3.05, 3.63) is 0 Å². The summed E-state index contributed by atoms with van der Waals surface area (Å²) in [6.07, 6.45) is 45.0. The fourth-order valence-corrected chi connectivity index (χ4v) is 7.22. The highest BCUT2D eigenvalue weighted by Crippen LogP contribution is 2.17. The van der Waals surface area contributed by atoms with Gasteiger partial charge in [0, 0.05) is 6.42 Å². The summed E-state index contributed by atoms with van der Waals surface area (Å²) in [7, 11) is 0. The Bertz CT molecular complexity index is 644. The maximum atomic E-state index is 12.4. The Kier molecular flexibility index (Phi) is 39.6. The first-order valence-corrected chi connectivity index (χ1v) is 22.3. The van der Waals surface area contributed by atoms with Gasteiger partial charge < -0.3 is 20.6 Å². The Morgan fingerprint density at radius 1 is 0.429 bits per heavy atom. The SMILES string of the molecule is CCCCCCCCCCCCCCCCCCCCCCCC[C@@H](O)[C@@H](O)[C@H](CO)NC(=O)CCCCCCCCCCCCCCC. The molecule has 5 nitrogen and oxygen atoms in total. The lowest BCUT2D eigenvalue weighted by molar-refractivity contribution is -0.124. The molecule has 0 aliphatic rings. The van der Waals surface area contributed by atoms with Crippen LogP contribution in [0.15, 0.2) is 0 Å². The van der Waals surface area contributed by atoms with Crippen molar-refractivity contribution in [3.8, 4) is 0 Å². The van der Waals surface area contributed by atoms with Crippen molar-refractivity contribution in [2.75, 3.05) is 6.61 Å². The zero-order valence-corrected chi connectivity index (χ0v) is 33.4. The Morgan fingerprint density at radius 3 is 0.980 bits per heavy atom. The number of carbonyl (C=O) groups is 1. The average Bonchev–Trinajstić information content (AvgIpc) is 3.10. The molecule has 5 heteroatoms. The van der Waals surface area contributed by atoms with Gasteiger partial charge in [0.15, 0.2) is 0 Å². The molecule has 0 rings (SSSR count). The van der Waals surface area contributed by atoms with E-state index in [4.69, 9.17) is 0 Å². The number of hydrogen-bond acceptors (Lipinski definition) is 4. The summed E-state index contributed by atoms with van der Waals surface area (Å²) in [4.78, 5) is 12.4. The summed E-state index contributed by atoms with van der Waals surface area (Å²) < 4.78 is 0. The van der Waals surface area contributed by atoms with Crippen LogP contribution in [-0.2, 0) is 4.79 Å². The van der Waals surface area contributed by atoms with Crippen LogP contribution in [0.3, 0.4) is 0 Å². The minimum atomic E-state index is -1.13. The molecule has 0 aromatic rings. The van der Waals surface area contributed by atoms with E-state index in [-0.39, 0.29) is 12.5 Å². The predicted molar refractivity (Wildman–Crippen MR) is 213 cm³/mol. The fourth-order valence-electron chi connectivity index (χ4n) is 7.22. The monoisotopic (exact) mass is 696 g/mol. The molecule has 294 valence electrons. The van der Waals surface area contributed by atoms with E-state index in [1.54, 1.807) is 0 Å². The van der Waals surface area contributed by atoms with Crippen LogP contribution in [0.1, 0.15) is 251 Å². The molecule has 0 saturated heterocycles. The highest BCUT2D eigenvalue weighted by Gasteiger charge is 2.26. The molecule has 4 N–H and O–H groups in total. The molecule has 0 bridgehead atoms. The van der Waals surface area contributed by atoms with Gasteiger partial charge in [-0.2, -0.15) is 0 Å². The fraction of sp³-hybridized carbons (Fsp3) is 0.977. The second-order valence-corrected chi connectivity index (χ2v) is 15.6. The van der Waals surface area contributed by atoms with Gasteiger partial charge >= 0.3 is 0 Å². The number of rotatable bonds is 41. The molecule has 0 unspecified atom stereocenters. The van der Waals surface area contributed by atoms with Crippen LogP contribution in [0.2, 0.25) is 0 Å². The van der Waals surface area contributed by atoms with Crippen molar-refractivity contribution < 1.29 is 20.1 Å². The van der Waals surface area contributed by atoms with Crippen molar-refractivity contribution in [2.24, 2.45) is 0 Å². The summed E-state index contributed by atoms with van der Waals surface area (Å²) in [5.74, 6) is -0.141. The standard InChI is InChI=1S/C44H89NO4/c1-3-5-7-9-11-13-15-17-18-19-20-21-22-23-24-25-27-28-30-32-34-36-38-42(47)44(49)41(40-46)45-43(48)39-37-35-33-31-29-26-16-14-12-10-8-6-4-2/h41-42,44,46-47,49H,3-40H2,1-2H3,(H,45,48)/t41-,42+,44-/m0/s1. The van der Waals surface area contributed by atoms with Gasteiger partial charge in [-0.05, 0) is 12.8 Å². The largest absolute Gasteiger partial charge is 0.394 e. The number of carbonyl (C=O) groups excluding carboxylic acids is 1. The molecule has 0 aliphatic carbocycles. The third-order valence-electron chi connectivity index (χ3n) is 10.7. The highest BCUT2D eigenvalue weighted by molar-refractivity contribution is 5.76. The Hall–Kier alpha value is -0.650. The lowest BCUT2D eigenvalue weighted by Crippen LogP contribution is -2.50. The lowest BCUT2D eigenvalue weighted by atomic mass is 9.99. The maximum absolute atomic E-state index is 12.4. The molecule has 3 atom stereocenters. The van der Waals surface area contributed by atoms with Crippen molar-refractivity contribution >= 4 is 5.91 Å². The van der Waals surface area contributed by atoms with Crippen molar-refractivity contribution in [1.29, 1.82) is 0 Å². The lowest BCUT2D eigenvalue weighted by Gasteiger charge is -2.26. The minimum absolute atomic E-state index is 0.141. The third-order valence-corrected chi connectivity index (χ3v) is 10.7. The van der Waals surface area contributed by atoms with E-state index in [2.05, 4.69) is 19.2 Å². The first kappa shape index (κ1) is 48.3. The van der Waals surface area contributed by atoms with Crippen molar-refractivity contribution in [3.63, 3.8) is 0 Å². The van der Waals surface area contributed by atoms with Crippen molar-refractivity contribution in [1.82, 2.24) is 5.32 Å². The molecular weight excluding hydrogens is 606 g/mol. The van der Waals surface area contributed by atoms with E-state index in [9.17, 15) is 20.1 Å². The van der Waals surface area contributed by atoms with Gasteiger partial charge in [-0.1, -0.05) is 232 Å². The van der Waals surface area contributed by atoms with Crippen LogP contribution in [-0.4, -0.2) is 46.1 Å². The van der Waals surface area contributed by atoms with Crippen LogP contribution in [0, 0.1) is 0 Å². The zero-order chi connectivity index (χ0) is 35.9. The number of amides is 1. The topological polar surface area (TPSA) is 89.8 Å². The zero-order valence-electron chi connectivity index (χ0n) is 33.4. The predicted octanol–water partition coefficient (Wildman–Crippen LogP) is 12.7. The molecular formula is C44H89NO4. The third kappa shape index (κ3) is 35.5. The Labute approximate surface area is 307 Å². The quantitative estimate of drug-likeness (QED) is 0.0479. The molecule has 49 heavy (non-hydrogen) atoms. The molecule has 0 spiro atoms. The molecule has 0 heterocycles. The number of aliphatic hydroxyl groups is 3. The smallest absolute Gasteiger partial charge is 0.220 e. The maximum Gasteiger partial charge on any atom is 0.220 e. The average molecular weight is 696 g/mol. The first-order chi connectivity index (χ1) is 24.1. The first-order valence-electron chi connectivity index (χ1n) is 22.3. The van der Waals surface area contributed by atoms with Crippen LogP contribution in [0.25, 0.3) is 0 Å². The molecule has 1 amide bonds. The Balaban J connectivity index is 3.55. The van der Waals surface area contributed by atoms with Gasteiger partial charge in [0.25, 0.3) is 0 Å². The van der Waals surface area contributed by atoms with Gasteiger partial charge in [-0.3, -0.25) is 4.79 Å². The molecule has 0 aliphatic heterocycles. The molecule has 0 aromatic heterocycles. The summed E-state index contributed by atoms with van der Waals surface area (Å²) >= 11 is 0. The number of nitrogens with one attached hydrogen (secondary N) is 1. The number of unbranched alkanes of at least 4 members (excludes halogenated alkanes) is 33. The molecule has 0 fully saturated rings. The van der Waals surface area contributed by atoms with E-state index in [1.807, 2.05) is 0 Å². The normalized spacial score (nSPS) is 13.5. The van der Waals surface area contributed by atoms with Crippen LogP contribution in [0.4, 0.5) is 0 Å². The highest BCUT2D eigenvalue weighted by atomic mass is 16.3. The van der Waals surface area contributed by atoms with Crippen LogP contribution >= 0.6 is 0 Å². The number of aliphatic hydroxyl groups excluding tert-OH is 3. The van der Waals surface area contributed by atoms with Gasteiger partial charge in [-0.15, -0.1) is 0 Å². The Morgan fingerprint density at radius 2 is 0.694 bits per heavy atom. The van der Waals surface area contributed by atoms with E-state index < -0.39 is 18.2 Å². The molecule has 0 aromatic carbocycles. The van der Waals surface area contributed by atoms with Gasteiger partial charge in [0.05, 0.1) is 18.8 Å². The van der Waals surface area contributed by atoms with Gasteiger partial charge in [0.2, 0.25) is 5.91 Å². The van der Waals surface area contributed by atoms with Gasteiger partial charge in [-0.25, -0.2) is 0 Å². The van der Waals surface area contributed by atoms with E-state index in [0.717, 1.165) is 32.1 Å². The van der Waals surface area contributed by atoms with Crippen LogP contribution in [0.5, 0.6) is 0 Å². The second-order valence-electron chi connectivity index (χ2n) is 15.6.